The number of nitrogens with zero attached hydrogens (tertiary/aromatic N) is 3. The van der Waals surface area contributed by atoms with E-state index >= 15 is 0 Å². The van der Waals surface area contributed by atoms with Crippen molar-refractivity contribution in [2.75, 3.05) is 6.26 Å². The van der Waals surface area contributed by atoms with Gasteiger partial charge < -0.3 is 19.5 Å². The van der Waals surface area contributed by atoms with E-state index in [0.717, 1.165) is 14.7 Å². The molecule has 1 amide bonds. The lowest BCUT2D eigenvalue weighted by molar-refractivity contribution is -0.173. The lowest BCUT2D eigenvalue weighted by Crippen LogP contribution is -2.63. The minimum Gasteiger partial charge on any atom is -0.417 e. The number of hydrogen-bond donors (Lipinski definition) is 1. The van der Waals surface area contributed by atoms with Crippen molar-refractivity contribution in [2.24, 2.45) is 11.8 Å². The number of aliphatic hydroxyl groups is 1. The number of thiazole rings is 1. The van der Waals surface area contributed by atoms with Crippen LogP contribution < -0.4 is 0 Å². The van der Waals surface area contributed by atoms with Gasteiger partial charge in [0.15, 0.2) is 0 Å². The highest BCUT2D eigenvalue weighted by atomic mass is 32.2. The summed E-state index contributed by atoms with van der Waals surface area (Å²) in [6.45, 7) is 3.53. The summed E-state index contributed by atoms with van der Waals surface area (Å²) in [7, 11) is 0. The molecule has 180 valence electrons. The molecule has 11 heteroatoms. The van der Waals surface area contributed by atoms with Gasteiger partial charge in [-0.1, -0.05) is 25.1 Å². The van der Waals surface area contributed by atoms with Crippen LogP contribution in [0.1, 0.15) is 40.9 Å². The number of carbonyl (C=O) groups excluding carboxylic acids is 3. The molecule has 9 nitrogen and oxygen atoms in total. The molecule has 0 bridgehead atoms. The third kappa shape index (κ3) is 3.11. The Morgan fingerprint density at radius 1 is 1.31 bits per heavy atom. The minimum atomic E-state index is -1.19. The molecule has 0 spiro atoms. The van der Waals surface area contributed by atoms with Crippen molar-refractivity contribution >= 4 is 51.3 Å². The maximum Gasteiger partial charge on any atom is 0.358 e. The molecule has 35 heavy (non-hydrogen) atoms. The third-order valence-electron chi connectivity index (χ3n) is 6.87. The molecular formula is C24H21N3O6S2. The van der Waals surface area contributed by atoms with Gasteiger partial charge in [-0.25, -0.2) is 14.6 Å². The quantitative estimate of drug-likeness (QED) is 0.316. The van der Waals surface area contributed by atoms with Gasteiger partial charge in [0.1, 0.15) is 21.9 Å². The van der Waals surface area contributed by atoms with E-state index < -0.39 is 30.3 Å². The number of amides is 1. The van der Waals surface area contributed by atoms with Crippen molar-refractivity contribution in [1.82, 2.24) is 14.3 Å². The second kappa shape index (κ2) is 7.94. The zero-order valence-corrected chi connectivity index (χ0v) is 20.6. The first-order chi connectivity index (χ1) is 16.8. The summed E-state index contributed by atoms with van der Waals surface area (Å²) in [4.78, 5) is 46.4. The van der Waals surface area contributed by atoms with Crippen molar-refractivity contribution < 1.29 is 29.0 Å². The third-order valence-corrected chi connectivity index (χ3v) is 8.82. The molecule has 2 unspecified atom stereocenters. The van der Waals surface area contributed by atoms with Crippen LogP contribution >= 0.6 is 23.1 Å². The van der Waals surface area contributed by atoms with E-state index in [-0.39, 0.29) is 23.6 Å². The number of β-lactam (4-membered cyclic amide) rings is 1. The van der Waals surface area contributed by atoms with E-state index in [0.29, 0.717) is 16.7 Å². The number of aromatic nitrogens is 2. The van der Waals surface area contributed by atoms with Crippen LogP contribution in [-0.2, 0) is 19.1 Å². The van der Waals surface area contributed by atoms with Gasteiger partial charge in [-0.15, -0.1) is 23.1 Å². The number of rotatable bonds is 5. The van der Waals surface area contributed by atoms with Crippen molar-refractivity contribution in [3.8, 4) is 0 Å². The fraction of sp³-hybridized carbons (Fsp3) is 0.333. The molecule has 1 N–H and O–H groups in total. The molecule has 3 aliphatic rings. The molecule has 1 fully saturated rings. The summed E-state index contributed by atoms with van der Waals surface area (Å²) < 4.78 is 12.9. The molecular weight excluding hydrogens is 490 g/mol. The summed E-state index contributed by atoms with van der Waals surface area (Å²) in [5.74, 6) is -2.46. The Labute approximate surface area is 208 Å². The molecule has 0 radical (unpaired) electrons. The number of cyclic esters (lactones) is 1. The largest absolute Gasteiger partial charge is 0.417 e. The van der Waals surface area contributed by atoms with Crippen molar-refractivity contribution in [3.63, 3.8) is 0 Å². The monoisotopic (exact) mass is 511 g/mol. The van der Waals surface area contributed by atoms with Crippen LogP contribution in [0.5, 0.6) is 0 Å². The van der Waals surface area contributed by atoms with Gasteiger partial charge in [0.05, 0.1) is 28.5 Å². The predicted octanol–water partition coefficient (Wildman–Crippen LogP) is 3.10. The van der Waals surface area contributed by atoms with E-state index in [2.05, 4.69) is 4.98 Å². The Kier molecular flexibility index (Phi) is 5.06. The fourth-order valence-electron chi connectivity index (χ4n) is 5.28. The van der Waals surface area contributed by atoms with Gasteiger partial charge in [-0.2, -0.15) is 0 Å². The summed E-state index contributed by atoms with van der Waals surface area (Å²) in [5.41, 5.74) is 1.62. The molecule has 3 aliphatic heterocycles. The Hall–Kier alpha value is -3.15. The van der Waals surface area contributed by atoms with Crippen LogP contribution in [-0.4, -0.2) is 55.6 Å². The lowest BCUT2D eigenvalue weighted by Gasteiger charge is -2.46. The minimum absolute atomic E-state index is 0.132. The van der Waals surface area contributed by atoms with E-state index in [9.17, 15) is 19.5 Å². The van der Waals surface area contributed by atoms with Crippen molar-refractivity contribution in [2.45, 2.75) is 37.3 Å². The molecule has 5 atom stereocenters. The number of benzene rings is 1. The summed E-state index contributed by atoms with van der Waals surface area (Å²) in [5, 5.41) is 11.1. The highest BCUT2D eigenvalue weighted by Crippen LogP contribution is 2.52. The number of ether oxygens (including phenoxy) is 2. The smallest absolute Gasteiger partial charge is 0.358 e. The van der Waals surface area contributed by atoms with Gasteiger partial charge in [0.25, 0.3) is 6.29 Å². The highest BCUT2D eigenvalue weighted by molar-refractivity contribution is 7.98. The van der Waals surface area contributed by atoms with Gasteiger partial charge in [0, 0.05) is 23.3 Å². The van der Waals surface area contributed by atoms with Crippen molar-refractivity contribution in [3.05, 3.63) is 58.5 Å². The number of esters is 2. The van der Waals surface area contributed by atoms with Crippen LogP contribution in [0, 0.1) is 11.8 Å². The standard InChI is InChI=1S/C24H21N3O6S2/c1-10-15(14-8-26-9-25-19(34-3)21(26)35-14)18(27-17(10)16(11(2)28)20(27)29)23(31)33-24-13-7-5-4-6-12(13)22(30)32-24/h4-11,16-17,24,28H,1-3H3/t10?,11-,16-,17+,24?/m1/s1. The maximum atomic E-state index is 13.6. The number of fused-ring (bicyclic) bond motifs is 3. The number of carbonyl (C=O) groups is 3. The summed E-state index contributed by atoms with van der Waals surface area (Å²) >= 11 is 3.01. The highest BCUT2D eigenvalue weighted by Gasteiger charge is 2.60. The fourth-order valence-corrected chi connectivity index (χ4v) is 7.20. The second-order valence-corrected chi connectivity index (χ2v) is 10.6. The molecule has 3 aromatic rings. The Morgan fingerprint density at radius 2 is 2.09 bits per heavy atom. The van der Waals surface area contributed by atoms with Crippen molar-refractivity contribution in [1.29, 1.82) is 0 Å². The average Bonchev–Trinajstić information content (AvgIpc) is 3.54. The van der Waals surface area contributed by atoms with Gasteiger partial charge >= 0.3 is 11.9 Å². The van der Waals surface area contributed by atoms with E-state index in [1.165, 1.54) is 28.0 Å². The molecule has 0 aliphatic carbocycles. The van der Waals surface area contributed by atoms with Crippen LogP contribution in [0.3, 0.4) is 0 Å². The normalized spacial score (nSPS) is 26.0. The van der Waals surface area contributed by atoms with E-state index in [1.807, 2.05) is 23.8 Å². The predicted molar refractivity (Wildman–Crippen MR) is 127 cm³/mol. The Bertz CT molecular complexity index is 1440. The number of thioether (sulfide) groups is 1. The molecule has 2 aromatic heterocycles. The Balaban J connectivity index is 1.43. The maximum absolute atomic E-state index is 13.6. The summed E-state index contributed by atoms with van der Waals surface area (Å²) in [6, 6.07) is 6.36. The SMILES string of the molecule is CSc1ncn2cc(C3=C(C(=O)OC4OC(=O)c5ccccc54)N4C(=O)[C@H]([C@@H](C)O)[C@@H]4C3C)sc12. The van der Waals surface area contributed by atoms with Crippen LogP contribution in [0.25, 0.3) is 10.4 Å². The summed E-state index contributed by atoms with van der Waals surface area (Å²) in [6.07, 6.45) is 3.51. The number of aliphatic hydroxyl groups excluding tert-OH is 1. The average molecular weight is 512 g/mol. The molecule has 1 aromatic carbocycles. The zero-order valence-electron chi connectivity index (χ0n) is 19.0. The van der Waals surface area contributed by atoms with Gasteiger partial charge in [0.2, 0.25) is 5.91 Å². The van der Waals surface area contributed by atoms with Gasteiger partial charge in [-0.3, -0.25) is 9.20 Å². The van der Waals surface area contributed by atoms with Crippen LogP contribution in [0.15, 0.2) is 47.5 Å². The number of hydrogen-bond acceptors (Lipinski definition) is 9. The van der Waals surface area contributed by atoms with E-state index in [1.54, 1.807) is 37.5 Å². The molecule has 0 saturated carbocycles. The second-order valence-electron chi connectivity index (χ2n) is 8.81. The zero-order chi connectivity index (χ0) is 24.6. The number of imidazole rings is 1. The van der Waals surface area contributed by atoms with E-state index in [4.69, 9.17) is 9.47 Å². The first-order valence-corrected chi connectivity index (χ1v) is 13.1. The first kappa shape index (κ1) is 22.3. The first-order valence-electron chi connectivity index (χ1n) is 11.1. The lowest BCUT2D eigenvalue weighted by atomic mass is 9.77. The van der Waals surface area contributed by atoms with Gasteiger partial charge in [-0.05, 0) is 19.2 Å². The molecule has 6 rings (SSSR count). The van der Waals surface area contributed by atoms with Crippen LogP contribution in [0.2, 0.25) is 0 Å². The van der Waals surface area contributed by atoms with Crippen LogP contribution in [0.4, 0.5) is 0 Å². The Morgan fingerprint density at radius 3 is 2.83 bits per heavy atom. The topological polar surface area (TPSA) is 110 Å². The molecule has 1 saturated heterocycles. The molecule has 5 heterocycles.